The maximum absolute atomic E-state index is 14.6. The van der Waals surface area contributed by atoms with Gasteiger partial charge in [0.2, 0.25) is 0 Å². The molecular weight excluding hydrogens is 966 g/mol. The van der Waals surface area contributed by atoms with E-state index in [2.05, 4.69) is 50.5 Å². The minimum atomic E-state index is -0.539. The first-order chi connectivity index (χ1) is 35.0. The van der Waals surface area contributed by atoms with Crippen molar-refractivity contribution in [2.75, 3.05) is 63.6 Å². The number of fused-ring (bicyclic) bond motifs is 2. The molecule has 0 bridgehead atoms. The van der Waals surface area contributed by atoms with E-state index in [4.69, 9.17) is 32.7 Å². The van der Waals surface area contributed by atoms with Gasteiger partial charge in [0.05, 0.1) is 47.3 Å². The number of piperidine rings is 2. The molecular formula is C52H52Cl2F2N12O4. The minimum absolute atomic E-state index is 0.0501. The lowest BCUT2D eigenvalue weighted by Gasteiger charge is -2.33. The lowest BCUT2D eigenvalue weighted by atomic mass is 9.97. The fraction of sp³-hybridized carbons (Fsp3) is 0.308. The Kier molecular flexibility index (Phi) is 15.4. The average Bonchev–Trinajstić information content (AvgIpc) is 4.02. The number of nitrogens with one attached hydrogen (secondary N) is 4. The number of aromatic amines is 2. The van der Waals surface area contributed by atoms with Crippen LogP contribution in [-0.4, -0.2) is 114 Å². The van der Waals surface area contributed by atoms with Gasteiger partial charge in [0.15, 0.2) is 34.9 Å². The van der Waals surface area contributed by atoms with Gasteiger partial charge in [-0.3, -0.25) is 9.59 Å². The number of anilines is 2. The summed E-state index contributed by atoms with van der Waals surface area (Å²) in [5.41, 5.74) is 4.71. The number of hydrogen-bond donors (Lipinski definition) is 4. The maximum atomic E-state index is 14.6. The standard InChI is InChI=1S/2C26H26ClFN6O2/c1-15-5-3-7-18(22(15)36-2)26(35)34-8-4-6-16(14-34)10-29-25-21(28)13-32-24(33-25)20-12-31-23-19(20)9-17(27)11-30-23;1-2-36-22-8-4-3-7-18(22)26(35)34-9-5-6-16(15-34)11-29-25-21(28)14-32-24(33-25)20-13-31-23-19(20)10-17(27)12-30-23/h3,5,7,9,11-13,16H,4,6,8,10,14H2,1-2H3,(H,30,31)(H,29,32,33);3-4,7-8,10,12-14,16H,2,5-6,9,11,15H2,1H3,(H,30,31)(H,29,32,33). The monoisotopic (exact) mass is 1020 g/mol. The number of rotatable bonds is 13. The van der Waals surface area contributed by atoms with Crippen LogP contribution in [0.4, 0.5) is 20.4 Å². The largest absolute Gasteiger partial charge is 0.496 e. The van der Waals surface area contributed by atoms with Gasteiger partial charge in [0.25, 0.3) is 11.8 Å². The Morgan fingerprint density at radius 2 is 1.24 bits per heavy atom. The number of pyridine rings is 2. The molecule has 0 radical (unpaired) electrons. The quantitative estimate of drug-likeness (QED) is 0.0856. The normalized spacial score (nSPS) is 15.8. The van der Waals surface area contributed by atoms with Crippen molar-refractivity contribution >= 4 is 68.7 Å². The van der Waals surface area contributed by atoms with Crippen molar-refractivity contribution in [1.82, 2.24) is 49.7 Å². The van der Waals surface area contributed by atoms with E-state index in [1.54, 1.807) is 56.2 Å². The third-order valence-electron chi connectivity index (χ3n) is 12.8. The lowest BCUT2D eigenvalue weighted by molar-refractivity contribution is 0.0669. The molecule has 20 heteroatoms. The maximum Gasteiger partial charge on any atom is 0.257 e. The second kappa shape index (κ2) is 22.3. The summed E-state index contributed by atoms with van der Waals surface area (Å²) in [6.07, 6.45) is 12.5. The summed E-state index contributed by atoms with van der Waals surface area (Å²) < 4.78 is 40.3. The van der Waals surface area contributed by atoms with E-state index in [-0.39, 0.29) is 35.3 Å². The summed E-state index contributed by atoms with van der Waals surface area (Å²) in [6.45, 7) is 7.75. The van der Waals surface area contributed by atoms with Crippen molar-refractivity contribution in [3.05, 3.63) is 130 Å². The molecule has 72 heavy (non-hydrogen) atoms. The number of amides is 2. The molecule has 6 aromatic heterocycles. The van der Waals surface area contributed by atoms with Crippen LogP contribution in [0.3, 0.4) is 0 Å². The Morgan fingerprint density at radius 3 is 1.76 bits per heavy atom. The molecule has 2 amide bonds. The molecule has 0 saturated carbocycles. The topological polar surface area (TPSA) is 192 Å². The van der Waals surface area contributed by atoms with Crippen LogP contribution in [0.25, 0.3) is 44.8 Å². The van der Waals surface area contributed by atoms with E-state index < -0.39 is 11.6 Å². The minimum Gasteiger partial charge on any atom is -0.496 e. The first-order valence-corrected chi connectivity index (χ1v) is 24.5. The highest BCUT2D eigenvalue weighted by atomic mass is 35.5. The van der Waals surface area contributed by atoms with Crippen LogP contribution in [0.15, 0.2) is 91.8 Å². The lowest BCUT2D eigenvalue weighted by Crippen LogP contribution is -2.42. The van der Waals surface area contributed by atoms with E-state index >= 15 is 0 Å². The van der Waals surface area contributed by atoms with Gasteiger partial charge in [-0.15, -0.1) is 0 Å². The zero-order valence-electron chi connectivity index (χ0n) is 39.8. The number of nitrogens with zero attached hydrogens (tertiary/aromatic N) is 8. The van der Waals surface area contributed by atoms with Gasteiger partial charge in [-0.25, -0.2) is 38.7 Å². The Bertz CT molecular complexity index is 3250. The molecule has 16 nitrogen and oxygen atoms in total. The Hall–Kier alpha value is -7.44. The van der Waals surface area contributed by atoms with Crippen LogP contribution in [0.2, 0.25) is 10.0 Å². The number of aryl methyl sites for hydroxylation is 1. The summed E-state index contributed by atoms with van der Waals surface area (Å²) in [7, 11) is 1.58. The van der Waals surface area contributed by atoms with Crippen LogP contribution < -0.4 is 20.1 Å². The fourth-order valence-corrected chi connectivity index (χ4v) is 9.55. The molecule has 10 rings (SSSR count). The van der Waals surface area contributed by atoms with Gasteiger partial charge < -0.3 is 39.9 Å². The van der Waals surface area contributed by atoms with Crippen LogP contribution >= 0.6 is 23.2 Å². The number of para-hydroxylation sites is 2. The zero-order chi connectivity index (χ0) is 50.3. The molecule has 2 saturated heterocycles. The second-order valence-electron chi connectivity index (χ2n) is 17.6. The van der Waals surface area contributed by atoms with Crippen molar-refractivity contribution in [3.63, 3.8) is 0 Å². The number of aromatic nitrogens is 8. The van der Waals surface area contributed by atoms with Crippen molar-refractivity contribution in [1.29, 1.82) is 0 Å². The molecule has 2 fully saturated rings. The Labute approximate surface area is 423 Å². The van der Waals surface area contributed by atoms with Gasteiger partial charge in [0, 0.05) is 86.0 Å². The van der Waals surface area contributed by atoms with Gasteiger partial charge >= 0.3 is 0 Å². The SMILES string of the molecule is CCOc1ccccc1C(=O)N1CCCC(CNc2nc(-c3c[nH]c4ncc(Cl)cc34)ncc2F)C1.COc1c(C)cccc1C(=O)N1CCCC(CNc2nc(-c3c[nH]c4ncc(Cl)cc34)ncc2F)C1. The van der Waals surface area contributed by atoms with Gasteiger partial charge in [-0.1, -0.05) is 47.5 Å². The van der Waals surface area contributed by atoms with Crippen molar-refractivity contribution in [3.8, 4) is 34.3 Å². The molecule has 0 spiro atoms. The van der Waals surface area contributed by atoms with E-state index in [1.807, 2.05) is 54.0 Å². The highest BCUT2D eigenvalue weighted by Crippen LogP contribution is 2.32. The fourth-order valence-electron chi connectivity index (χ4n) is 9.24. The van der Waals surface area contributed by atoms with Crippen LogP contribution in [0.5, 0.6) is 11.5 Å². The van der Waals surface area contributed by atoms with Gasteiger partial charge in [0.1, 0.15) is 22.8 Å². The predicted molar refractivity (Wildman–Crippen MR) is 274 cm³/mol. The highest BCUT2D eigenvalue weighted by molar-refractivity contribution is 6.31. The van der Waals surface area contributed by atoms with Crippen molar-refractivity contribution < 1.29 is 27.8 Å². The number of carbonyl (C=O) groups excluding carboxylic acids is 2. The van der Waals surface area contributed by atoms with Crippen LogP contribution in [0, 0.1) is 30.4 Å². The molecule has 2 aromatic carbocycles. The average molecular weight is 1020 g/mol. The number of H-pyrrole nitrogens is 2. The second-order valence-corrected chi connectivity index (χ2v) is 18.5. The summed E-state index contributed by atoms with van der Waals surface area (Å²) in [6, 6.07) is 16.4. The molecule has 2 unspecified atom stereocenters. The molecule has 2 aliphatic rings. The molecule has 372 valence electrons. The predicted octanol–water partition coefficient (Wildman–Crippen LogP) is 10.3. The van der Waals surface area contributed by atoms with Crippen LogP contribution in [-0.2, 0) is 0 Å². The van der Waals surface area contributed by atoms with E-state index in [0.29, 0.717) is 113 Å². The third-order valence-corrected chi connectivity index (χ3v) is 13.2. The van der Waals surface area contributed by atoms with Crippen molar-refractivity contribution in [2.24, 2.45) is 11.8 Å². The molecule has 2 aliphatic heterocycles. The van der Waals surface area contributed by atoms with E-state index in [9.17, 15) is 18.4 Å². The number of ether oxygens (including phenoxy) is 2. The Morgan fingerprint density at radius 1 is 0.722 bits per heavy atom. The number of methoxy groups -OCH3 is 1. The number of halogens is 4. The summed E-state index contributed by atoms with van der Waals surface area (Å²) >= 11 is 12.2. The van der Waals surface area contributed by atoms with Gasteiger partial charge in [-0.05, 0) is 87.3 Å². The molecule has 8 aromatic rings. The summed E-state index contributed by atoms with van der Waals surface area (Å²) in [5, 5.41) is 8.76. The molecule has 4 N–H and O–H groups in total. The number of likely N-dealkylation sites (tertiary alicyclic amines) is 2. The Balaban J connectivity index is 0.000000178. The van der Waals surface area contributed by atoms with Gasteiger partial charge in [-0.2, -0.15) is 0 Å². The zero-order valence-corrected chi connectivity index (χ0v) is 41.3. The van der Waals surface area contributed by atoms with E-state index in [0.717, 1.165) is 54.4 Å². The van der Waals surface area contributed by atoms with E-state index in [1.165, 1.54) is 0 Å². The first-order valence-electron chi connectivity index (χ1n) is 23.7. The first kappa shape index (κ1) is 49.5. The van der Waals surface area contributed by atoms with Crippen LogP contribution in [0.1, 0.15) is 58.9 Å². The third kappa shape index (κ3) is 11.0. The number of carbonyl (C=O) groups is 2. The number of benzene rings is 2. The number of hydrogen-bond acceptors (Lipinski definition) is 12. The molecule has 2 atom stereocenters. The highest BCUT2D eigenvalue weighted by Gasteiger charge is 2.29. The summed E-state index contributed by atoms with van der Waals surface area (Å²) in [5.74, 6) is 1.27. The van der Waals surface area contributed by atoms with Crippen molar-refractivity contribution in [2.45, 2.75) is 39.5 Å². The molecule has 8 heterocycles. The smallest absolute Gasteiger partial charge is 0.257 e. The summed E-state index contributed by atoms with van der Waals surface area (Å²) in [4.78, 5) is 61.9. The molecule has 0 aliphatic carbocycles.